The van der Waals surface area contributed by atoms with Crippen LogP contribution in [-0.2, 0) is 6.54 Å². The molecule has 0 spiro atoms. The summed E-state index contributed by atoms with van der Waals surface area (Å²) >= 11 is 0. The number of hydrogen-bond donors (Lipinski definition) is 2. The molecule has 0 fully saturated rings. The van der Waals surface area contributed by atoms with Crippen LogP contribution in [0.5, 0.6) is 0 Å². The molecule has 0 aliphatic rings. The van der Waals surface area contributed by atoms with Crippen molar-refractivity contribution < 1.29 is 0 Å². The van der Waals surface area contributed by atoms with Gasteiger partial charge < -0.3 is 5.32 Å². The minimum atomic E-state index is 0.618. The molecule has 5 nitrogen and oxygen atoms in total. The summed E-state index contributed by atoms with van der Waals surface area (Å²) in [5, 5.41) is 10.2. The average molecular weight is 265 g/mol. The van der Waals surface area contributed by atoms with E-state index in [1.807, 2.05) is 31.2 Å². The maximum Gasteiger partial charge on any atom is 0.223 e. The van der Waals surface area contributed by atoms with Gasteiger partial charge in [-0.3, -0.25) is 5.10 Å². The van der Waals surface area contributed by atoms with Gasteiger partial charge in [0.1, 0.15) is 0 Å². The fourth-order valence-corrected chi connectivity index (χ4v) is 1.98. The third kappa shape index (κ3) is 2.66. The summed E-state index contributed by atoms with van der Waals surface area (Å²) in [7, 11) is 0. The maximum absolute atomic E-state index is 4.51. The van der Waals surface area contributed by atoms with Crippen molar-refractivity contribution in [1.82, 2.24) is 20.2 Å². The number of anilines is 1. The molecule has 0 atom stereocenters. The molecule has 2 heterocycles. The summed E-state index contributed by atoms with van der Waals surface area (Å²) < 4.78 is 0. The van der Waals surface area contributed by atoms with Crippen LogP contribution >= 0.6 is 0 Å². The van der Waals surface area contributed by atoms with Crippen LogP contribution in [0.3, 0.4) is 0 Å². The fraction of sp³-hybridized carbons (Fsp3) is 0.133. The second-order valence-electron chi connectivity index (χ2n) is 4.51. The summed E-state index contributed by atoms with van der Waals surface area (Å²) in [6.07, 6.45) is 3.53. The van der Waals surface area contributed by atoms with Crippen LogP contribution in [0.4, 0.5) is 5.95 Å². The maximum atomic E-state index is 4.51. The molecule has 1 aromatic carbocycles. The Morgan fingerprint density at radius 1 is 1.15 bits per heavy atom. The molecule has 0 amide bonds. The number of hydrogen-bond acceptors (Lipinski definition) is 4. The standard InChI is InChI=1S/C15H15N5/c1-11-13(10-18-20-11)14-7-8-16-15(19-14)17-9-12-5-3-2-4-6-12/h2-8,10H,9H2,1H3,(H,18,20)(H,16,17,19). The first-order valence-corrected chi connectivity index (χ1v) is 6.44. The Morgan fingerprint density at radius 2 is 2.00 bits per heavy atom. The minimum Gasteiger partial charge on any atom is -0.350 e. The van der Waals surface area contributed by atoms with Crippen LogP contribution in [-0.4, -0.2) is 20.2 Å². The summed E-state index contributed by atoms with van der Waals surface area (Å²) in [6, 6.07) is 12.0. The van der Waals surface area contributed by atoms with Crippen molar-refractivity contribution in [2.24, 2.45) is 0 Å². The number of rotatable bonds is 4. The summed E-state index contributed by atoms with van der Waals surface area (Å²) in [4.78, 5) is 8.75. The second-order valence-corrected chi connectivity index (χ2v) is 4.51. The Balaban J connectivity index is 1.77. The van der Waals surface area contributed by atoms with Crippen LogP contribution in [0.1, 0.15) is 11.3 Å². The van der Waals surface area contributed by atoms with E-state index < -0.39 is 0 Å². The molecule has 0 bridgehead atoms. The van der Waals surface area contributed by atoms with Gasteiger partial charge in [-0.15, -0.1) is 0 Å². The van der Waals surface area contributed by atoms with E-state index in [9.17, 15) is 0 Å². The molecule has 2 aromatic heterocycles. The fourth-order valence-electron chi connectivity index (χ4n) is 1.98. The molecule has 3 aromatic rings. The van der Waals surface area contributed by atoms with E-state index in [1.165, 1.54) is 5.56 Å². The highest BCUT2D eigenvalue weighted by atomic mass is 15.1. The van der Waals surface area contributed by atoms with Crippen LogP contribution < -0.4 is 5.32 Å². The third-order valence-electron chi connectivity index (χ3n) is 3.05. The van der Waals surface area contributed by atoms with E-state index in [2.05, 4.69) is 37.6 Å². The quantitative estimate of drug-likeness (QED) is 0.761. The largest absolute Gasteiger partial charge is 0.350 e. The molecule has 0 saturated carbocycles. The van der Waals surface area contributed by atoms with Crippen LogP contribution in [0.2, 0.25) is 0 Å². The van der Waals surface area contributed by atoms with Crippen molar-refractivity contribution >= 4 is 5.95 Å². The predicted octanol–water partition coefficient (Wildman–Crippen LogP) is 2.79. The first kappa shape index (κ1) is 12.3. The number of nitrogens with zero attached hydrogens (tertiary/aromatic N) is 3. The smallest absolute Gasteiger partial charge is 0.223 e. The average Bonchev–Trinajstić information content (AvgIpc) is 2.93. The van der Waals surface area contributed by atoms with Gasteiger partial charge in [0.15, 0.2) is 0 Å². The number of H-pyrrole nitrogens is 1. The topological polar surface area (TPSA) is 66.5 Å². The number of aryl methyl sites for hydroxylation is 1. The van der Waals surface area contributed by atoms with E-state index in [0.717, 1.165) is 17.0 Å². The lowest BCUT2D eigenvalue weighted by Gasteiger charge is -2.06. The van der Waals surface area contributed by atoms with Crippen molar-refractivity contribution in [2.45, 2.75) is 13.5 Å². The number of aromatic nitrogens is 4. The zero-order chi connectivity index (χ0) is 13.8. The highest BCUT2D eigenvalue weighted by Crippen LogP contribution is 2.19. The lowest BCUT2D eigenvalue weighted by molar-refractivity contribution is 1.04. The number of aromatic amines is 1. The highest BCUT2D eigenvalue weighted by molar-refractivity contribution is 5.61. The second kappa shape index (κ2) is 5.52. The molecule has 20 heavy (non-hydrogen) atoms. The molecule has 0 saturated heterocycles. The zero-order valence-corrected chi connectivity index (χ0v) is 11.2. The van der Waals surface area contributed by atoms with Gasteiger partial charge in [0.05, 0.1) is 11.9 Å². The number of nitrogens with one attached hydrogen (secondary N) is 2. The molecule has 0 radical (unpaired) electrons. The van der Waals surface area contributed by atoms with E-state index in [4.69, 9.17) is 0 Å². The zero-order valence-electron chi connectivity index (χ0n) is 11.2. The molecule has 100 valence electrons. The molecule has 5 heteroatoms. The molecule has 0 aliphatic heterocycles. The van der Waals surface area contributed by atoms with Crippen molar-refractivity contribution in [3.05, 3.63) is 60.0 Å². The van der Waals surface area contributed by atoms with Gasteiger partial charge in [-0.05, 0) is 18.6 Å². The Kier molecular flexibility index (Phi) is 3.41. The number of benzene rings is 1. The Morgan fingerprint density at radius 3 is 2.75 bits per heavy atom. The van der Waals surface area contributed by atoms with Crippen molar-refractivity contribution in [3.63, 3.8) is 0 Å². The van der Waals surface area contributed by atoms with E-state index in [1.54, 1.807) is 12.4 Å². The van der Waals surface area contributed by atoms with Crippen LogP contribution in [0.15, 0.2) is 48.8 Å². The van der Waals surface area contributed by atoms with Gasteiger partial charge in [-0.25, -0.2) is 9.97 Å². The SMILES string of the molecule is Cc1[nH]ncc1-c1ccnc(NCc2ccccc2)n1. The van der Waals surface area contributed by atoms with Crippen molar-refractivity contribution in [1.29, 1.82) is 0 Å². The summed E-state index contributed by atoms with van der Waals surface area (Å²) in [6.45, 7) is 2.68. The van der Waals surface area contributed by atoms with Gasteiger partial charge in [-0.1, -0.05) is 30.3 Å². The normalized spacial score (nSPS) is 10.4. The first-order chi connectivity index (χ1) is 9.83. The Bertz CT molecular complexity index is 690. The van der Waals surface area contributed by atoms with Gasteiger partial charge in [-0.2, -0.15) is 5.10 Å². The van der Waals surface area contributed by atoms with Crippen molar-refractivity contribution in [3.8, 4) is 11.3 Å². The van der Waals surface area contributed by atoms with Crippen LogP contribution in [0.25, 0.3) is 11.3 Å². The highest BCUT2D eigenvalue weighted by Gasteiger charge is 2.06. The van der Waals surface area contributed by atoms with Crippen molar-refractivity contribution in [2.75, 3.05) is 5.32 Å². The van der Waals surface area contributed by atoms with Gasteiger partial charge >= 0.3 is 0 Å². The molecule has 0 unspecified atom stereocenters. The van der Waals surface area contributed by atoms with E-state index in [-0.39, 0.29) is 0 Å². The Hall–Kier alpha value is -2.69. The molecule has 2 N–H and O–H groups in total. The van der Waals surface area contributed by atoms with Crippen LogP contribution in [0, 0.1) is 6.92 Å². The first-order valence-electron chi connectivity index (χ1n) is 6.44. The predicted molar refractivity (Wildman–Crippen MR) is 78.1 cm³/mol. The molecule has 0 aliphatic carbocycles. The van der Waals surface area contributed by atoms with Gasteiger partial charge in [0.2, 0.25) is 5.95 Å². The summed E-state index contributed by atoms with van der Waals surface area (Å²) in [5.41, 5.74) is 4.05. The molecule has 3 rings (SSSR count). The minimum absolute atomic E-state index is 0.618. The van der Waals surface area contributed by atoms with Gasteiger partial charge in [0, 0.05) is 24.0 Å². The summed E-state index contributed by atoms with van der Waals surface area (Å²) in [5.74, 6) is 0.618. The lowest BCUT2D eigenvalue weighted by Crippen LogP contribution is -2.03. The van der Waals surface area contributed by atoms with Gasteiger partial charge in [0.25, 0.3) is 0 Å². The monoisotopic (exact) mass is 265 g/mol. The molecular weight excluding hydrogens is 250 g/mol. The van der Waals surface area contributed by atoms with E-state index >= 15 is 0 Å². The Labute approximate surface area is 117 Å². The third-order valence-corrected chi connectivity index (χ3v) is 3.05. The lowest BCUT2D eigenvalue weighted by atomic mass is 10.2. The van der Waals surface area contributed by atoms with E-state index in [0.29, 0.717) is 12.5 Å². The molecular formula is C15H15N5.